The number of hydrogen-bond acceptors (Lipinski definition) is 4. The summed E-state index contributed by atoms with van der Waals surface area (Å²) in [5.41, 5.74) is -1.22. The number of nitrogens with zero attached hydrogens (tertiary/aromatic N) is 1. The van der Waals surface area contributed by atoms with Crippen molar-refractivity contribution in [1.82, 2.24) is 10.2 Å². The second-order valence-corrected chi connectivity index (χ2v) is 5.47. The molecule has 2 aliphatic rings. The van der Waals surface area contributed by atoms with Gasteiger partial charge in [0.25, 0.3) is 0 Å². The van der Waals surface area contributed by atoms with Crippen molar-refractivity contribution in [2.75, 3.05) is 26.9 Å². The highest BCUT2D eigenvalue weighted by Gasteiger charge is 2.43. The summed E-state index contributed by atoms with van der Waals surface area (Å²) in [4.78, 5) is 25.4. The number of carboxylic acids is 1. The van der Waals surface area contributed by atoms with Gasteiger partial charge < -0.3 is 24.8 Å². The Balaban J connectivity index is 2.02. The minimum atomic E-state index is -1.22. The molecule has 2 unspecified atom stereocenters. The van der Waals surface area contributed by atoms with Gasteiger partial charge in [-0.25, -0.2) is 9.59 Å². The second-order valence-electron chi connectivity index (χ2n) is 5.47. The Morgan fingerprint density at radius 1 is 1.30 bits per heavy atom. The van der Waals surface area contributed by atoms with Crippen LogP contribution in [0.25, 0.3) is 0 Å². The van der Waals surface area contributed by atoms with E-state index in [9.17, 15) is 14.7 Å². The molecule has 2 heterocycles. The molecule has 2 rings (SSSR count). The molecule has 7 nitrogen and oxygen atoms in total. The third-order valence-corrected chi connectivity index (χ3v) is 4.26. The quantitative estimate of drug-likeness (QED) is 0.786. The van der Waals surface area contributed by atoms with Crippen LogP contribution in [0, 0.1) is 0 Å². The van der Waals surface area contributed by atoms with Crippen LogP contribution < -0.4 is 5.32 Å². The van der Waals surface area contributed by atoms with E-state index >= 15 is 0 Å². The molecule has 2 N–H and O–H groups in total. The number of carbonyl (C=O) groups is 2. The summed E-state index contributed by atoms with van der Waals surface area (Å²) in [6, 6.07) is -0.377. The predicted molar refractivity (Wildman–Crippen MR) is 70.5 cm³/mol. The molecule has 2 aliphatic heterocycles. The molecule has 2 fully saturated rings. The zero-order chi connectivity index (χ0) is 14.8. The topological polar surface area (TPSA) is 88.1 Å². The van der Waals surface area contributed by atoms with Crippen molar-refractivity contribution in [2.45, 2.75) is 43.9 Å². The lowest BCUT2D eigenvalue weighted by Crippen LogP contribution is -2.61. The summed E-state index contributed by atoms with van der Waals surface area (Å²) in [6.45, 7) is 3.24. The summed E-state index contributed by atoms with van der Waals surface area (Å²) in [5, 5.41) is 12.1. The van der Waals surface area contributed by atoms with Gasteiger partial charge in [-0.3, -0.25) is 0 Å². The molecule has 0 aromatic rings. The molecule has 2 atom stereocenters. The van der Waals surface area contributed by atoms with Gasteiger partial charge >= 0.3 is 12.0 Å². The maximum Gasteiger partial charge on any atom is 0.329 e. The fourth-order valence-corrected chi connectivity index (χ4v) is 2.78. The molecule has 0 spiro atoms. The Morgan fingerprint density at radius 3 is 2.45 bits per heavy atom. The summed E-state index contributed by atoms with van der Waals surface area (Å²) in [6.07, 6.45) is 1.33. The number of carbonyl (C=O) groups excluding carboxylic acids is 1. The molecule has 0 aromatic carbocycles. The Morgan fingerprint density at radius 2 is 1.95 bits per heavy atom. The van der Waals surface area contributed by atoms with Crippen molar-refractivity contribution < 1.29 is 24.2 Å². The van der Waals surface area contributed by atoms with Gasteiger partial charge in [0, 0.05) is 39.7 Å². The van der Waals surface area contributed by atoms with E-state index in [4.69, 9.17) is 9.47 Å². The average molecular weight is 286 g/mol. The van der Waals surface area contributed by atoms with E-state index in [1.165, 1.54) is 0 Å². The van der Waals surface area contributed by atoms with Gasteiger partial charge in [-0.1, -0.05) is 0 Å². The Hall–Kier alpha value is -1.34. The van der Waals surface area contributed by atoms with E-state index in [0.717, 1.165) is 6.42 Å². The summed E-state index contributed by atoms with van der Waals surface area (Å²) >= 11 is 0. The van der Waals surface area contributed by atoms with Crippen LogP contribution in [0.3, 0.4) is 0 Å². The lowest BCUT2D eigenvalue weighted by Gasteiger charge is -2.36. The number of likely N-dealkylation sites (N-methyl/N-ethyl adjacent to an activating group) is 1. The van der Waals surface area contributed by atoms with Crippen LogP contribution in [0.4, 0.5) is 4.79 Å². The third kappa shape index (κ3) is 2.88. The maximum absolute atomic E-state index is 12.3. The molecule has 2 amide bonds. The van der Waals surface area contributed by atoms with Crippen molar-refractivity contribution in [3.05, 3.63) is 0 Å². The average Bonchev–Trinajstić information content (AvgIpc) is 2.85. The van der Waals surface area contributed by atoms with Crippen molar-refractivity contribution in [3.63, 3.8) is 0 Å². The van der Waals surface area contributed by atoms with Gasteiger partial charge in [-0.2, -0.15) is 0 Å². The molecule has 2 saturated heterocycles. The largest absolute Gasteiger partial charge is 0.480 e. The van der Waals surface area contributed by atoms with E-state index in [1.54, 1.807) is 11.9 Å². The van der Waals surface area contributed by atoms with E-state index in [0.29, 0.717) is 32.7 Å². The van der Waals surface area contributed by atoms with E-state index in [-0.39, 0.29) is 18.2 Å². The van der Waals surface area contributed by atoms with Gasteiger partial charge in [0.15, 0.2) is 0 Å². The van der Waals surface area contributed by atoms with Crippen LogP contribution in [0.1, 0.15) is 26.2 Å². The van der Waals surface area contributed by atoms with Crippen LogP contribution in [0.15, 0.2) is 0 Å². The zero-order valence-corrected chi connectivity index (χ0v) is 11.9. The molecule has 0 bridgehead atoms. The van der Waals surface area contributed by atoms with Crippen LogP contribution in [-0.2, 0) is 14.3 Å². The van der Waals surface area contributed by atoms with Crippen molar-refractivity contribution in [2.24, 2.45) is 0 Å². The molecular weight excluding hydrogens is 264 g/mol. The lowest BCUT2D eigenvalue weighted by atomic mass is 9.90. The summed E-state index contributed by atoms with van der Waals surface area (Å²) in [5.74, 6) is -1.00. The fourth-order valence-electron chi connectivity index (χ4n) is 2.78. The van der Waals surface area contributed by atoms with Gasteiger partial charge in [-0.05, 0) is 13.3 Å². The highest BCUT2D eigenvalue weighted by atomic mass is 16.5. The van der Waals surface area contributed by atoms with Crippen LogP contribution in [-0.4, -0.2) is 66.6 Å². The number of amides is 2. The van der Waals surface area contributed by atoms with Gasteiger partial charge in [-0.15, -0.1) is 0 Å². The van der Waals surface area contributed by atoms with Gasteiger partial charge in [0.2, 0.25) is 0 Å². The molecular formula is C13H22N2O5. The maximum atomic E-state index is 12.3. The van der Waals surface area contributed by atoms with E-state index < -0.39 is 11.5 Å². The second kappa shape index (κ2) is 5.97. The smallest absolute Gasteiger partial charge is 0.329 e. The molecule has 0 aliphatic carbocycles. The Kier molecular flexibility index (Phi) is 4.49. The number of urea groups is 1. The normalized spacial score (nSPS) is 28.9. The van der Waals surface area contributed by atoms with E-state index in [1.807, 2.05) is 6.92 Å². The number of carboxylic acid groups (broad SMARTS) is 1. The third-order valence-electron chi connectivity index (χ3n) is 4.26. The zero-order valence-electron chi connectivity index (χ0n) is 11.9. The minimum Gasteiger partial charge on any atom is -0.480 e. The molecule has 7 heteroatoms. The summed E-state index contributed by atoms with van der Waals surface area (Å²) < 4.78 is 10.6. The highest BCUT2D eigenvalue weighted by Crippen LogP contribution is 2.23. The number of nitrogens with one attached hydrogen (secondary N) is 1. The number of rotatable bonds is 3. The first-order valence-electron chi connectivity index (χ1n) is 6.94. The SMILES string of the molecule is CC1OCCC1N(C)C(=O)NC1(C(=O)O)CCOCC1. The fraction of sp³-hybridized carbons (Fsp3) is 0.846. The standard InChI is InChI=1S/C13H22N2O5/c1-9-10(3-6-20-9)15(2)12(18)14-13(11(16)17)4-7-19-8-5-13/h9-10H,3-8H2,1-2H3,(H,14,18)(H,16,17). The Bertz CT molecular complexity index is 381. The first kappa shape index (κ1) is 15.1. The molecule has 0 aromatic heterocycles. The van der Waals surface area contributed by atoms with Crippen LogP contribution in [0.5, 0.6) is 0 Å². The lowest BCUT2D eigenvalue weighted by molar-refractivity contribution is -0.148. The first-order chi connectivity index (χ1) is 9.46. The molecule has 0 saturated carbocycles. The highest BCUT2D eigenvalue weighted by molar-refractivity contribution is 5.86. The van der Waals surface area contributed by atoms with E-state index in [2.05, 4.69) is 5.32 Å². The number of aliphatic carboxylic acids is 1. The monoisotopic (exact) mass is 286 g/mol. The predicted octanol–water partition coefficient (Wildman–Crippen LogP) is 0.439. The minimum absolute atomic E-state index is 0.0133. The first-order valence-corrected chi connectivity index (χ1v) is 6.94. The van der Waals surface area contributed by atoms with Crippen molar-refractivity contribution >= 4 is 12.0 Å². The molecule has 0 radical (unpaired) electrons. The molecule has 114 valence electrons. The van der Waals surface area contributed by atoms with Gasteiger partial charge in [0.05, 0.1) is 12.1 Å². The number of ether oxygens (including phenoxy) is 2. The van der Waals surface area contributed by atoms with Crippen molar-refractivity contribution in [1.29, 1.82) is 0 Å². The Labute approximate surface area is 118 Å². The molecule has 20 heavy (non-hydrogen) atoms. The van der Waals surface area contributed by atoms with Crippen LogP contribution >= 0.6 is 0 Å². The van der Waals surface area contributed by atoms with Crippen LogP contribution in [0.2, 0.25) is 0 Å². The van der Waals surface area contributed by atoms with Crippen molar-refractivity contribution in [3.8, 4) is 0 Å². The summed E-state index contributed by atoms with van der Waals surface area (Å²) in [7, 11) is 1.68. The van der Waals surface area contributed by atoms with Gasteiger partial charge in [0.1, 0.15) is 5.54 Å². The number of hydrogen-bond donors (Lipinski definition) is 2.